The van der Waals surface area contributed by atoms with Crippen LogP contribution < -0.4 is 16.0 Å². The molecule has 1 aliphatic carbocycles. The van der Waals surface area contributed by atoms with Crippen LogP contribution in [0.2, 0.25) is 0 Å². The van der Waals surface area contributed by atoms with E-state index in [0.29, 0.717) is 24.8 Å². The van der Waals surface area contributed by atoms with Crippen molar-refractivity contribution >= 4 is 23.2 Å². The fourth-order valence-electron chi connectivity index (χ4n) is 3.48. The lowest BCUT2D eigenvalue weighted by Crippen LogP contribution is -2.49. The Hall–Kier alpha value is -2.03. The topological polar surface area (TPSA) is 87.9 Å². The fourth-order valence-corrected chi connectivity index (χ4v) is 3.48. The lowest BCUT2D eigenvalue weighted by atomic mass is 9.85. The second-order valence-electron chi connectivity index (χ2n) is 7.24. The zero-order valence-corrected chi connectivity index (χ0v) is 15.6. The van der Waals surface area contributed by atoms with Crippen molar-refractivity contribution < 1.29 is 18.7 Å². The maximum absolute atomic E-state index is 14.5. The van der Waals surface area contributed by atoms with Crippen molar-refractivity contribution in [3.63, 3.8) is 0 Å². The van der Waals surface area contributed by atoms with E-state index in [1.54, 1.807) is 6.07 Å². The van der Waals surface area contributed by atoms with Gasteiger partial charge >= 0.3 is 0 Å². The van der Waals surface area contributed by atoms with E-state index in [2.05, 4.69) is 5.32 Å². The van der Waals surface area contributed by atoms with Crippen LogP contribution in [0.4, 0.5) is 15.8 Å². The highest BCUT2D eigenvalue weighted by molar-refractivity contribution is 5.97. The molecule has 0 aromatic heterocycles. The summed E-state index contributed by atoms with van der Waals surface area (Å²) in [7, 11) is 1.87. The van der Waals surface area contributed by atoms with Crippen molar-refractivity contribution in [2.75, 3.05) is 50.1 Å². The van der Waals surface area contributed by atoms with Crippen molar-refractivity contribution in [2.45, 2.75) is 25.3 Å². The van der Waals surface area contributed by atoms with Crippen LogP contribution in [0.25, 0.3) is 0 Å². The number of halogens is 1. The largest absolute Gasteiger partial charge is 0.370 e. The van der Waals surface area contributed by atoms with Gasteiger partial charge in [0.15, 0.2) is 0 Å². The van der Waals surface area contributed by atoms with Crippen LogP contribution in [-0.2, 0) is 14.3 Å². The average molecular weight is 378 g/mol. The number of benzene rings is 1. The van der Waals surface area contributed by atoms with Crippen molar-refractivity contribution in [2.24, 2.45) is 11.7 Å². The molecule has 1 atom stereocenters. The number of carbonyl (C=O) groups excluding carboxylic acids is 2. The van der Waals surface area contributed by atoms with Gasteiger partial charge < -0.3 is 20.7 Å². The molecule has 0 spiro atoms. The number of likely N-dealkylation sites (N-methyl/N-ethyl adjacent to an activating group) is 1. The first-order valence-electron chi connectivity index (χ1n) is 9.38. The Morgan fingerprint density at radius 1 is 1.48 bits per heavy atom. The third-order valence-corrected chi connectivity index (χ3v) is 5.34. The normalized spacial score (nSPS) is 19.1. The SMILES string of the molecule is CN(CC1CCC1)[C@H](CN)C(=O)Nc1ccc(N2CCOCC2=O)cc1F. The van der Waals surface area contributed by atoms with Crippen LogP contribution in [0.15, 0.2) is 18.2 Å². The van der Waals surface area contributed by atoms with E-state index >= 15 is 0 Å². The molecular formula is C19H27FN4O3. The first-order chi connectivity index (χ1) is 13.0. The molecule has 2 amide bonds. The Morgan fingerprint density at radius 2 is 2.26 bits per heavy atom. The molecule has 8 heteroatoms. The predicted molar refractivity (Wildman–Crippen MR) is 101 cm³/mol. The number of nitrogens with two attached hydrogens (primary N) is 1. The van der Waals surface area contributed by atoms with Gasteiger partial charge in [-0.25, -0.2) is 4.39 Å². The summed E-state index contributed by atoms with van der Waals surface area (Å²) in [4.78, 5) is 27.9. The third-order valence-electron chi connectivity index (χ3n) is 5.34. The van der Waals surface area contributed by atoms with Gasteiger partial charge in [0.25, 0.3) is 5.91 Å². The number of hydrogen-bond acceptors (Lipinski definition) is 5. The highest BCUT2D eigenvalue weighted by Crippen LogP contribution is 2.27. The second-order valence-corrected chi connectivity index (χ2v) is 7.24. The van der Waals surface area contributed by atoms with E-state index in [-0.39, 0.29) is 30.7 Å². The highest BCUT2D eigenvalue weighted by atomic mass is 19.1. The molecule has 3 rings (SSSR count). The van der Waals surface area contributed by atoms with Gasteiger partial charge in [0.05, 0.1) is 12.3 Å². The summed E-state index contributed by atoms with van der Waals surface area (Å²) in [5.41, 5.74) is 6.32. The first-order valence-corrected chi connectivity index (χ1v) is 9.38. The molecule has 1 aliphatic heterocycles. The Morgan fingerprint density at radius 3 is 2.85 bits per heavy atom. The summed E-state index contributed by atoms with van der Waals surface area (Å²) in [6.45, 7) is 1.76. The summed E-state index contributed by atoms with van der Waals surface area (Å²) < 4.78 is 19.6. The number of nitrogens with one attached hydrogen (secondary N) is 1. The number of rotatable bonds is 7. The van der Waals surface area contributed by atoms with E-state index in [1.807, 2.05) is 11.9 Å². The van der Waals surface area contributed by atoms with Crippen molar-refractivity contribution in [3.8, 4) is 0 Å². The quantitative estimate of drug-likeness (QED) is 0.744. The van der Waals surface area contributed by atoms with E-state index in [9.17, 15) is 14.0 Å². The maximum atomic E-state index is 14.5. The zero-order chi connectivity index (χ0) is 19.4. The van der Waals surface area contributed by atoms with Gasteiger partial charge in [-0.15, -0.1) is 0 Å². The minimum absolute atomic E-state index is 0.00832. The van der Waals surface area contributed by atoms with Crippen LogP contribution in [0.5, 0.6) is 0 Å². The van der Waals surface area contributed by atoms with Crippen LogP contribution >= 0.6 is 0 Å². The molecule has 2 aliphatic rings. The molecule has 3 N–H and O–H groups in total. The van der Waals surface area contributed by atoms with Crippen LogP contribution in [0.3, 0.4) is 0 Å². The van der Waals surface area contributed by atoms with Gasteiger partial charge in [-0.2, -0.15) is 0 Å². The lowest BCUT2D eigenvalue weighted by molar-refractivity contribution is -0.125. The van der Waals surface area contributed by atoms with Gasteiger partial charge in [-0.1, -0.05) is 6.42 Å². The number of ether oxygens (including phenoxy) is 1. The maximum Gasteiger partial charge on any atom is 0.253 e. The van der Waals surface area contributed by atoms with E-state index in [4.69, 9.17) is 10.5 Å². The molecule has 1 saturated carbocycles. The minimum atomic E-state index is -0.586. The number of anilines is 2. The number of nitrogens with zero attached hydrogens (tertiary/aromatic N) is 2. The molecule has 1 heterocycles. The lowest BCUT2D eigenvalue weighted by Gasteiger charge is -2.33. The van der Waals surface area contributed by atoms with E-state index in [0.717, 1.165) is 6.54 Å². The molecule has 7 nitrogen and oxygen atoms in total. The van der Waals surface area contributed by atoms with Gasteiger partial charge in [0, 0.05) is 25.3 Å². The number of morpholine rings is 1. The molecule has 1 aromatic rings. The van der Waals surface area contributed by atoms with E-state index in [1.165, 1.54) is 36.3 Å². The molecule has 1 aromatic carbocycles. The fraction of sp³-hybridized carbons (Fsp3) is 0.579. The Kier molecular flexibility index (Phi) is 6.41. The summed E-state index contributed by atoms with van der Waals surface area (Å²) >= 11 is 0. The molecule has 148 valence electrons. The molecule has 0 bridgehead atoms. The van der Waals surface area contributed by atoms with Crippen molar-refractivity contribution in [1.82, 2.24) is 4.90 Å². The second kappa shape index (κ2) is 8.77. The molecule has 1 saturated heterocycles. The van der Waals surface area contributed by atoms with Gasteiger partial charge in [-0.05, 0) is 44.0 Å². The van der Waals surface area contributed by atoms with E-state index < -0.39 is 11.9 Å². The summed E-state index contributed by atoms with van der Waals surface area (Å²) in [6.07, 6.45) is 3.60. The number of carbonyl (C=O) groups is 2. The Bertz CT molecular complexity index is 696. The molecule has 0 radical (unpaired) electrons. The zero-order valence-electron chi connectivity index (χ0n) is 15.6. The molecule has 2 fully saturated rings. The van der Waals surface area contributed by atoms with Gasteiger partial charge in [0.1, 0.15) is 18.5 Å². The summed E-state index contributed by atoms with van der Waals surface area (Å²) in [6, 6.07) is 3.85. The summed E-state index contributed by atoms with van der Waals surface area (Å²) in [5, 5.41) is 2.63. The van der Waals surface area contributed by atoms with Gasteiger partial charge in [-0.3, -0.25) is 14.5 Å². The van der Waals surface area contributed by atoms with Crippen LogP contribution in [0.1, 0.15) is 19.3 Å². The van der Waals surface area contributed by atoms with Gasteiger partial charge in [0.2, 0.25) is 5.91 Å². The van der Waals surface area contributed by atoms with Crippen molar-refractivity contribution in [1.29, 1.82) is 0 Å². The molecule has 27 heavy (non-hydrogen) atoms. The minimum Gasteiger partial charge on any atom is -0.370 e. The number of amides is 2. The smallest absolute Gasteiger partial charge is 0.253 e. The third kappa shape index (κ3) is 4.63. The number of hydrogen-bond donors (Lipinski definition) is 2. The standard InChI is InChI=1S/C19H27FN4O3/c1-23(11-13-3-2-4-13)17(10-21)19(26)22-16-6-5-14(9-15(16)20)24-7-8-27-12-18(24)25/h5-6,9,13,17H,2-4,7-8,10-12,21H2,1H3,(H,22,26)/t17-/m1/s1. The van der Waals surface area contributed by atoms with Crippen LogP contribution in [-0.4, -0.2) is 62.7 Å². The first kappa shape index (κ1) is 19.7. The molecular weight excluding hydrogens is 351 g/mol. The monoisotopic (exact) mass is 378 g/mol. The average Bonchev–Trinajstić information content (AvgIpc) is 2.61. The highest BCUT2D eigenvalue weighted by Gasteiger charge is 2.27. The van der Waals surface area contributed by atoms with Crippen molar-refractivity contribution in [3.05, 3.63) is 24.0 Å². The Labute approximate surface area is 158 Å². The Balaban J connectivity index is 1.64. The summed E-state index contributed by atoms with van der Waals surface area (Å²) in [5.74, 6) is -0.511. The molecule has 0 unspecified atom stereocenters. The predicted octanol–water partition coefficient (Wildman–Crippen LogP) is 1.19. The van der Waals surface area contributed by atoms with Crippen LogP contribution in [0, 0.1) is 11.7 Å².